The maximum absolute atomic E-state index is 12.7. The Kier molecular flexibility index (Phi) is 5.14. The number of ketones is 1. The Bertz CT molecular complexity index is 892. The lowest BCUT2D eigenvalue weighted by atomic mass is 10.0. The molecule has 3 rings (SSSR count). The molecule has 0 bridgehead atoms. The van der Waals surface area contributed by atoms with Gasteiger partial charge in [0.1, 0.15) is 18.7 Å². The van der Waals surface area contributed by atoms with Gasteiger partial charge in [0.15, 0.2) is 5.82 Å². The third kappa shape index (κ3) is 3.81. The topological polar surface area (TPSA) is 126 Å². The number of nitrogens with zero attached hydrogens (tertiary/aromatic N) is 2. The number of carbonyl (C=O) groups excluding carboxylic acids is 1. The molecular formula is C18H19N5O3. The van der Waals surface area contributed by atoms with E-state index in [9.17, 15) is 4.79 Å². The number of aryl methyl sites for hydroxylation is 1. The molecule has 3 aromatic rings. The number of H-pyrrole nitrogens is 1. The van der Waals surface area contributed by atoms with Gasteiger partial charge in [-0.25, -0.2) is 4.98 Å². The van der Waals surface area contributed by atoms with Crippen LogP contribution in [0.1, 0.15) is 21.7 Å². The van der Waals surface area contributed by atoms with Gasteiger partial charge in [0.05, 0.1) is 17.9 Å². The second-order valence-corrected chi connectivity index (χ2v) is 5.65. The van der Waals surface area contributed by atoms with Crippen LogP contribution in [0, 0.1) is 6.92 Å². The fourth-order valence-corrected chi connectivity index (χ4v) is 2.54. The molecule has 1 aromatic heterocycles. The third-order valence-corrected chi connectivity index (χ3v) is 3.72. The summed E-state index contributed by atoms with van der Waals surface area (Å²) >= 11 is 0. The van der Waals surface area contributed by atoms with E-state index in [-0.39, 0.29) is 24.8 Å². The van der Waals surface area contributed by atoms with Crippen LogP contribution >= 0.6 is 0 Å². The minimum absolute atomic E-state index is 0.0439. The first kappa shape index (κ1) is 17.4. The molecule has 0 amide bonds. The van der Waals surface area contributed by atoms with E-state index in [4.69, 9.17) is 15.6 Å². The molecule has 8 heteroatoms. The number of benzene rings is 2. The van der Waals surface area contributed by atoms with Crippen molar-refractivity contribution in [1.82, 2.24) is 15.2 Å². The van der Waals surface area contributed by atoms with Gasteiger partial charge < -0.3 is 20.9 Å². The third-order valence-electron chi connectivity index (χ3n) is 3.72. The van der Waals surface area contributed by atoms with Crippen LogP contribution < -0.4 is 15.8 Å². The summed E-state index contributed by atoms with van der Waals surface area (Å²) in [5, 5.41) is 18.3. The molecule has 0 radical (unpaired) electrons. The molecule has 8 nitrogen and oxygen atoms in total. The lowest BCUT2D eigenvalue weighted by molar-refractivity contribution is 0.103. The predicted molar refractivity (Wildman–Crippen MR) is 97.7 cm³/mol. The number of aliphatic hydroxyl groups is 1. The number of aromatic nitrogens is 3. The zero-order valence-corrected chi connectivity index (χ0v) is 14.2. The fraction of sp³-hybridized carbons (Fsp3) is 0.167. The Hall–Kier alpha value is -3.39. The van der Waals surface area contributed by atoms with Gasteiger partial charge in [-0.15, -0.1) is 0 Å². The van der Waals surface area contributed by atoms with E-state index in [1.807, 2.05) is 19.1 Å². The van der Waals surface area contributed by atoms with Gasteiger partial charge in [-0.05, 0) is 48.9 Å². The van der Waals surface area contributed by atoms with E-state index < -0.39 is 0 Å². The van der Waals surface area contributed by atoms with Gasteiger partial charge in [0.25, 0.3) is 0 Å². The van der Waals surface area contributed by atoms with E-state index in [2.05, 4.69) is 20.5 Å². The molecular weight excluding hydrogens is 334 g/mol. The molecule has 2 aromatic carbocycles. The SMILES string of the molecule is Cc1cc(N)cc(C(=O)c2ncn[nH]2)c1Nc1ccc(OCCO)cc1. The fourth-order valence-electron chi connectivity index (χ4n) is 2.54. The molecule has 0 fully saturated rings. The number of anilines is 3. The van der Waals surface area contributed by atoms with Gasteiger partial charge >= 0.3 is 0 Å². The lowest BCUT2D eigenvalue weighted by Crippen LogP contribution is -2.10. The number of rotatable bonds is 7. The minimum Gasteiger partial charge on any atom is -0.491 e. The van der Waals surface area contributed by atoms with Gasteiger partial charge in [-0.3, -0.25) is 9.89 Å². The largest absolute Gasteiger partial charge is 0.491 e. The number of aromatic amines is 1. The average molecular weight is 353 g/mol. The van der Waals surface area contributed by atoms with Crippen LogP contribution in [0.3, 0.4) is 0 Å². The van der Waals surface area contributed by atoms with Gasteiger partial charge in [-0.1, -0.05) is 0 Å². The van der Waals surface area contributed by atoms with Gasteiger partial charge in [0.2, 0.25) is 5.78 Å². The summed E-state index contributed by atoms with van der Waals surface area (Å²) < 4.78 is 5.34. The number of hydrogen-bond acceptors (Lipinski definition) is 7. The second kappa shape index (κ2) is 7.66. The highest BCUT2D eigenvalue weighted by molar-refractivity contribution is 6.11. The molecule has 0 aliphatic carbocycles. The van der Waals surface area contributed by atoms with Crippen molar-refractivity contribution < 1.29 is 14.6 Å². The van der Waals surface area contributed by atoms with E-state index in [0.29, 0.717) is 22.7 Å². The zero-order chi connectivity index (χ0) is 18.5. The number of ether oxygens (including phenoxy) is 1. The highest BCUT2D eigenvalue weighted by Gasteiger charge is 2.19. The maximum Gasteiger partial charge on any atom is 0.231 e. The van der Waals surface area contributed by atoms with Crippen molar-refractivity contribution in [2.75, 3.05) is 24.3 Å². The number of aliphatic hydroxyl groups excluding tert-OH is 1. The van der Waals surface area contributed by atoms with Crippen LogP contribution in [-0.4, -0.2) is 39.3 Å². The minimum atomic E-state index is -0.303. The van der Waals surface area contributed by atoms with Gasteiger partial charge in [0, 0.05) is 11.4 Å². The first-order valence-electron chi connectivity index (χ1n) is 7.99. The van der Waals surface area contributed by atoms with Crippen molar-refractivity contribution in [3.8, 4) is 5.75 Å². The molecule has 134 valence electrons. The lowest BCUT2D eigenvalue weighted by Gasteiger charge is -2.15. The molecule has 0 atom stereocenters. The summed E-state index contributed by atoms with van der Waals surface area (Å²) in [7, 11) is 0. The van der Waals surface area contributed by atoms with E-state index in [0.717, 1.165) is 11.3 Å². The Labute approximate surface area is 150 Å². The van der Waals surface area contributed by atoms with Crippen molar-refractivity contribution >= 4 is 22.8 Å². The molecule has 26 heavy (non-hydrogen) atoms. The number of nitrogens with two attached hydrogens (primary N) is 1. The smallest absolute Gasteiger partial charge is 0.231 e. The Morgan fingerprint density at radius 2 is 2.08 bits per heavy atom. The van der Waals surface area contributed by atoms with Crippen molar-refractivity contribution in [1.29, 1.82) is 0 Å². The predicted octanol–water partition coefficient (Wildman–Crippen LogP) is 2.04. The summed E-state index contributed by atoms with van der Waals surface area (Å²) in [6.45, 7) is 2.06. The molecule has 5 N–H and O–H groups in total. The molecule has 0 aliphatic heterocycles. The quantitative estimate of drug-likeness (QED) is 0.378. The molecule has 0 spiro atoms. The standard InChI is InChI=1S/C18H19N5O3/c1-11-8-12(19)9-15(17(25)18-20-10-21-23-18)16(11)22-13-2-4-14(5-3-13)26-7-6-24/h2-5,8-10,22,24H,6-7,19H2,1H3,(H,20,21,23). The van der Waals surface area contributed by atoms with E-state index in [1.165, 1.54) is 6.33 Å². The molecule has 0 saturated carbocycles. The van der Waals surface area contributed by atoms with E-state index >= 15 is 0 Å². The Balaban J connectivity index is 1.91. The summed E-state index contributed by atoms with van der Waals surface area (Å²) in [6.07, 6.45) is 1.28. The number of hydrogen-bond donors (Lipinski definition) is 4. The van der Waals surface area contributed by atoms with Crippen molar-refractivity contribution in [3.63, 3.8) is 0 Å². The summed E-state index contributed by atoms with van der Waals surface area (Å²) in [5.74, 6) is 0.491. The second-order valence-electron chi connectivity index (χ2n) is 5.65. The molecule has 0 unspecified atom stereocenters. The van der Waals surface area contributed by atoms with E-state index in [1.54, 1.807) is 24.3 Å². The normalized spacial score (nSPS) is 10.5. The van der Waals surface area contributed by atoms with Crippen molar-refractivity contribution in [3.05, 3.63) is 59.7 Å². The van der Waals surface area contributed by atoms with Gasteiger partial charge in [-0.2, -0.15) is 5.10 Å². The first-order valence-corrected chi connectivity index (χ1v) is 7.99. The summed E-state index contributed by atoms with van der Waals surface area (Å²) in [4.78, 5) is 16.6. The van der Waals surface area contributed by atoms with Crippen LogP contribution in [0.15, 0.2) is 42.7 Å². The van der Waals surface area contributed by atoms with Crippen molar-refractivity contribution in [2.24, 2.45) is 0 Å². The summed E-state index contributed by atoms with van der Waals surface area (Å²) in [6, 6.07) is 10.6. The van der Waals surface area contributed by atoms with Crippen LogP contribution in [0.25, 0.3) is 0 Å². The van der Waals surface area contributed by atoms with Crippen LogP contribution in [0.5, 0.6) is 5.75 Å². The maximum atomic E-state index is 12.7. The average Bonchev–Trinajstić information content (AvgIpc) is 3.17. The van der Waals surface area contributed by atoms with Crippen LogP contribution in [0.2, 0.25) is 0 Å². The molecule has 0 saturated heterocycles. The Morgan fingerprint density at radius 3 is 2.73 bits per heavy atom. The highest BCUT2D eigenvalue weighted by Crippen LogP contribution is 2.29. The number of carbonyl (C=O) groups is 1. The Morgan fingerprint density at radius 1 is 1.31 bits per heavy atom. The number of nitrogen functional groups attached to an aromatic ring is 1. The summed E-state index contributed by atoms with van der Waals surface area (Å²) in [5.41, 5.74) is 9.06. The monoisotopic (exact) mass is 353 g/mol. The molecule has 0 aliphatic rings. The number of nitrogens with one attached hydrogen (secondary N) is 2. The van der Waals surface area contributed by atoms with Crippen LogP contribution in [0.4, 0.5) is 17.1 Å². The zero-order valence-electron chi connectivity index (χ0n) is 14.2. The first-order chi connectivity index (χ1) is 12.6. The molecule has 1 heterocycles. The highest BCUT2D eigenvalue weighted by atomic mass is 16.5. The van der Waals surface area contributed by atoms with Crippen molar-refractivity contribution in [2.45, 2.75) is 6.92 Å². The van der Waals surface area contributed by atoms with Crippen LogP contribution in [-0.2, 0) is 0 Å².